The lowest BCUT2D eigenvalue weighted by Gasteiger charge is -2.09. The third kappa shape index (κ3) is 1.29. The summed E-state index contributed by atoms with van der Waals surface area (Å²) in [5.41, 5.74) is 0.616. The first-order valence-electron chi connectivity index (χ1n) is 4.53. The highest BCUT2D eigenvalue weighted by Crippen LogP contribution is 2.53. The van der Waals surface area contributed by atoms with Crippen molar-refractivity contribution in [3.05, 3.63) is 35.6 Å². The summed E-state index contributed by atoms with van der Waals surface area (Å²) in [7, 11) is 0. The molecule has 0 aromatic heterocycles. The van der Waals surface area contributed by atoms with E-state index < -0.39 is 5.97 Å². The largest absolute Gasteiger partial charge is 0.481 e. The molecule has 0 bridgehead atoms. The number of hydrogen-bond acceptors (Lipinski definition) is 1. The quantitative estimate of drug-likeness (QED) is 0.783. The maximum absolute atomic E-state index is 12.6. The van der Waals surface area contributed by atoms with Crippen molar-refractivity contribution in [2.45, 2.75) is 18.8 Å². The van der Waals surface area contributed by atoms with Crippen molar-refractivity contribution in [3.8, 4) is 0 Å². The summed E-state index contributed by atoms with van der Waals surface area (Å²) < 4.78 is 12.6. The van der Waals surface area contributed by atoms with Gasteiger partial charge in [-0.05, 0) is 24.1 Å². The van der Waals surface area contributed by atoms with Gasteiger partial charge in [-0.2, -0.15) is 0 Å². The average molecular weight is 194 g/mol. The van der Waals surface area contributed by atoms with E-state index in [1.807, 2.05) is 6.92 Å². The Bertz CT molecular complexity index is 371. The van der Waals surface area contributed by atoms with Crippen LogP contribution in [-0.4, -0.2) is 11.1 Å². The van der Waals surface area contributed by atoms with Crippen LogP contribution in [0.15, 0.2) is 24.3 Å². The molecular weight excluding hydrogens is 183 g/mol. The van der Waals surface area contributed by atoms with Crippen LogP contribution in [0, 0.1) is 11.7 Å². The Hall–Kier alpha value is -1.38. The number of carboxylic acid groups (broad SMARTS) is 1. The van der Waals surface area contributed by atoms with E-state index in [-0.39, 0.29) is 17.2 Å². The van der Waals surface area contributed by atoms with Crippen LogP contribution in [0.25, 0.3) is 0 Å². The molecule has 1 aromatic rings. The number of benzene rings is 1. The topological polar surface area (TPSA) is 37.3 Å². The summed E-state index contributed by atoms with van der Waals surface area (Å²) >= 11 is 0. The van der Waals surface area contributed by atoms with Gasteiger partial charge in [0.1, 0.15) is 5.82 Å². The third-order valence-electron chi connectivity index (χ3n) is 3.04. The standard InChI is InChI=1S/C11H11FO2/c1-11(6-9(11)10(13)14)7-2-4-8(12)5-3-7/h2-5,9H,6H2,1H3,(H,13,14)/t9-,11+/m1/s1. The predicted molar refractivity (Wildman–Crippen MR) is 49.5 cm³/mol. The Kier molecular flexibility index (Phi) is 1.84. The van der Waals surface area contributed by atoms with Gasteiger partial charge in [0.15, 0.2) is 0 Å². The Balaban J connectivity index is 2.25. The van der Waals surface area contributed by atoms with E-state index in [1.165, 1.54) is 12.1 Å². The monoisotopic (exact) mass is 194 g/mol. The molecule has 1 aromatic carbocycles. The Morgan fingerprint density at radius 1 is 1.50 bits per heavy atom. The first-order valence-corrected chi connectivity index (χ1v) is 4.53. The number of carbonyl (C=O) groups is 1. The van der Waals surface area contributed by atoms with Gasteiger partial charge in [-0.3, -0.25) is 4.79 Å². The van der Waals surface area contributed by atoms with Crippen molar-refractivity contribution in [3.63, 3.8) is 0 Å². The minimum Gasteiger partial charge on any atom is -0.481 e. The molecule has 2 rings (SSSR count). The normalized spacial score (nSPS) is 30.0. The Morgan fingerprint density at radius 3 is 2.50 bits per heavy atom. The lowest BCUT2D eigenvalue weighted by atomic mass is 9.95. The van der Waals surface area contributed by atoms with E-state index in [0.717, 1.165) is 5.56 Å². The lowest BCUT2D eigenvalue weighted by molar-refractivity contribution is -0.138. The maximum Gasteiger partial charge on any atom is 0.307 e. The van der Waals surface area contributed by atoms with Crippen molar-refractivity contribution in [1.82, 2.24) is 0 Å². The molecule has 0 heterocycles. The van der Waals surface area contributed by atoms with Gasteiger partial charge in [-0.25, -0.2) is 4.39 Å². The molecule has 2 nitrogen and oxygen atoms in total. The zero-order chi connectivity index (χ0) is 10.3. The minimum atomic E-state index is -0.767. The molecule has 0 radical (unpaired) electrons. The molecule has 1 aliphatic rings. The highest BCUT2D eigenvalue weighted by atomic mass is 19.1. The maximum atomic E-state index is 12.6. The zero-order valence-corrected chi connectivity index (χ0v) is 7.83. The molecule has 1 N–H and O–H groups in total. The lowest BCUT2D eigenvalue weighted by Crippen LogP contribution is -2.10. The van der Waals surface area contributed by atoms with Crippen LogP contribution in [-0.2, 0) is 10.2 Å². The second-order valence-electron chi connectivity index (χ2n) is 4.02. The summed E-state index contributed by atoms with van der Waals surface area (Å²) in [6, 6.07) is 6.08. The molecule has 1 fully saturated rings. The second-order valence-corrected chi connectivity index (χ2v) is 4.02. The van der Waals surface area contributed by atoms with Gasteiger partial charge in [-0.15, -0.1) is 0 Å². The van der Waals surface area contributed by atoms with E-state index >= 15 is 0 Å². The zero-order valence-electron chi connectivity index (χ0n) is 7.83. The highest BCUT2D eigenvalue weighted by Gasteiger charge is 2.55. The van der Waals surface area contributed by atoms with E-state index in [4.69, 9.17) is 5.11 Å². The van der Waals surface area contributed by atoms with Gasteiger partial charge in [-0.1, -0.05) is 19.1 Å². The van der Waals surface area contributed by atoms with Crippen molar-refractivity contribution in [2.75, 3.05) is 0 Å². The van der Waals surface area contributed by atoms with Gasteiger partial charge < -0.3 is 5.11 Å². The Labute approximate surface area is 81.4 Å². The average Bonchev–Trinajstić information content (AvgIpc) is 2.80. The van der Waals surface area contributed by atoms with E-state index in [0.29, 0.717) is 6.42 Å². The molecule has 0 aliphatic heterocycles. The van der Waals surface area contributed by atoms with Crippen molar-refractivity contribution in [1.29, 1.82) is 0 Å². The molecular formula is C11H11FO2. The van der Waals surface area contributed by atoms with Crippen LogP contribution in [0.4, 0.5) is 4.39 Å². The van der Waals surface area contributed by atoms with Crippen LogP contribution in [0.2, 0.25) is 0 Å². The fourth-order valence-electron chi connectivity index (χ4n) is 1.87. The highest BCUT2D eigenvalue weighted by molar-refractivity contribution is 5.77. The van der Waals surface area contributed by atoms with Gasteiger partial charge in [0, 0.05) is 5.41 Å². The van der Waals surface area contributed by atoms with Gasteiger partial charge >= 0.3 is 5.97 Å². The van der Waals surface area contributed by atoms with Crippen molar-refractivity contribution >= 4 is 5.97 Å². The van der Waals surface area contributed by atoms with Crippen molar-refractivity contribution in [2.24, 2.45) is 5.92 Å². The van der Waals surface area contributed by atoms with E-state index in [2.05, 4.69) is 0 Å². The van der Waals surface area contributed by atoms with Crippen LogP contribution < -0.4 is 0 Å². The summed E-state index contributed by atoms with van der Waals surface area (Å²) in [5.74, 6) is -1.37. The van der Waals surface area contributed by atoms with Crippen LogP contribution in [0.3, 0.4) is 0 Å². The smallest absolute Gasteiger partial charge is 0.307 e. The summed E-state index contributed by atoms with van der Waals surface area (Å²) in [6.07, 6.45) is 0.647. The number of hydrogen-bond donors (Lipinski definition) is 1. The molecule has 0 unspecified atom stereocenters. The molecule has 0 spiro atoms. The van der Waals surface area contributed by atoms with Crippen LogP contribution >= 0.6 is 0 Å². The number of aliphatic carboxylic acids is 1. The first-order chi connectivity index (χ1) is 6.54. The SMILES string of the molecule is C[C@@]1(c2ccc(F)cc2)C[C@@H]1C(=O)O. The molecule has 3 heteroatoms. The molecule has 1 saturated carbocycles. The fourth-order valence-corrected chi connectivity index (χ4v) is 1.87. The summed E-state index contributed by atoms with van der Waals surface area (Å²) in [4.78, 5) is 10.7. The molecule has 1 aliphatic carbocycles. The van der Waals surface area contributed by atoms with Gasteiger partial charge in [0.05, 0.1) is 5.92 Å². The fraction of sp³-hybridized carbons (Fsp3) is 0.364. The second kappa shape index (κ2) is 2.80. The predicted octanol–water partition coefficient (Wildman–Crippen LogP) is 2.19. The molecule has 2 atom stereocenters. The summed E-state index contributed by atoms with van der Waals surface area (Å²) in [5, 5.41) is 8.83. The first kappa shape index (κ1) is 9.19. The molecule has 14 heavy (non-hydrogen) atoms. The Morgan fingerprint density at radius 2 is 2.07 bits per heavy atom. The van der Waals surface area contributed by atoms with E-state index in [9.17, 15) is 9.18 Å². The minimum absolute atomic E-state index is 0.287. The van der Waals surface area contributed by atoms with Gasteiger partial charge in [0.2, 0.25) is 0 Å². The van der Waals surface area contributed by atoms with Crippen LogP contribution in [0.5, 0.6) is 0 Å². The van der Waals surface area contributed by atoms with E-state index in [1.54, 1.807) is 12.1 Å². The molecule has 74 valence electrons. The molecule has 0 amide bonds. The van der Waals surface area contributed by atoms with Crippen molar-refractivity contribution < 1.29 is 14.3 Å². The molecule has 0 saturated heterocycles. The van der Waals surface area contributed by atoms with Crippen LogP contribution in [0.1, 0.15) is 18.9 Å². The number of rotatable bonds is 2. The summed E-state index contributed by atoms with van der Waals surface area (Å²) in [6.45, 7) is 1.90. The van der Waals surface area contributed by atoms with Gasteiger partial charge in [0.25, 0.3) is 0 Å². The third-order valence-corrected chi connectivity index (χ3v) is 3.04. The number of carboxylic acids is 1. The number of halogens is 1.